The van der Waals surface area contributed by atoms with Crippen LogP contribution in [-0.4, -0.2) is 35.8 Å². The molecule has 0 aromatic heterocycles. The van der Waals surface area contributed by atoms with Gasteiger partial charge in [-0.15, -0.1) is 0 Å². The Morgan fingerprint density at radius 1 is 1.00 bits per heavy atom. The molecule has 6 heteroatoms. The normalized spacial score (nSPS) is 6.67. The first-order chi connectivity index (χ1) is 6.33. The molecule has 0 heterocycles. The van der Waals surface area contributed by atoms with Crippen LogP contribution in [0.1, 0.15) is 12.8 Å². The summed E-state index contributed by atoms with van der Waals surface area (Å²) < 4.78 is 0. The third-order valence-electron chi connectivity index (χ3n) is 0.856. The van der Waals surface area contributed by atoms with Crippen LogP contribution in [0.25, 0.3) is 0 Å². The number of thioether (sulfide) groups is 1. The van der Waals surface area contributed by atoms with Gasteiger partial charge in [0, 0.05) is 12.8 Å². The predicted molar refractivity (Wildman–Crippen MR) is 67.3 cm³/mol. The molecular formula is C9H17O4S2-. The van der Waals surface area contributed by atoms with E-state index < -0.39 is 0 Å². The molecule has 0 aromatic carbocycles. The zero-order chi connectivity index (χ0) is 10.4. The lowest BCUT2D eigenvalue weighted by Gasteiger charge is -1.90. The average molecular weight is 253 g/mol. The molecule has 0 radical (unpaired) electrons. The summed E-state index contributed by atoms with van der Waals surface area (Å²) in [6.45, 7) is 3.11. The summed E-state index contributed by atoms with van der Waals surface area (Å²) in [6.07, 6.45) is 4.83. The van der Waals surface area contributed by atoms with Crippen molar-refractivity contribution < 1.29 is 19.9 Å². The lowest BCUT2D eigenvalue weighted by atomic mass is 10.6. The highest BCUT2D eigenvalue weighted by molar-refractivity contribution is 7.99. The van der Waals surface area contributed by atoms with E-state index in [-0.39, 0.29) is 19.0 Å². The first kappa shape index (κ1) is 23.9. The maximum absolute atomic E-state index is 9.75. The number of hydrogen-bond donors (Lipinski definition) is 0. The van der Waals surface area contributed by atoms with Crippen molar-refractivity contribution >= 4 is 44.1 Å². The smallest absolute Gasteiger partial charge is 0.142 e. The molecule has 0 spiro atoms. The molecule has 1 N–H and O–H groups in total. The zero-order valence-corrected chi connectivity index (χ0v) is 10.2. The highest BCUT2D eigenvalue weighted by atomic mass is 32.2. The molecule has 0 bridgehead atoms. The fourth-order valence-electron chi connectivity index (χ4n) is 0.365. The van der Waals surface area contributed by atoms with Gasteiger partial charge in [-0.3, -0.25) is 4.79 Å². The summed E-state index contributed by atoms with van der Waals surface area (Å²) in [5.41, 5.74) is 0. The van der Waals surface area contributed by atoms with E-state index in [1.165, 1.54) is 6.08 Å². The van der Waals surface area contributed by atoms with Crippen LogP contribution in [0.2, 0.25) is 0 Å². The van der Waals surface area contributed by atoms with Gasteiger partial charge in [-0.2, -0.15) is 25.3 Å². The Morgan fingerprint density at radius 3 is 1.53 bits per heavy atom. The van der Waals surface area contributed by atoms with E-state index >= 15 is 0 Å². The van der Waals surface area contributed by atoms with Gasteiger partial charge in [0.25, 0.3) is 0 Å². The molecule has 0 atom stereocenters. The fourth-order valence-corrected chi connectivity index (χ4v) is 1.09. The van der Waals surface area contributed by atoms with E-state index in [1.807, 2.05) is 0 Å². The minimum atomic E-state index is 0. The minimum absolute atomic E-state index is 0. The molecule has 0 aliphatic heterocycles. The van der Waals surface area contributed by atoms with Crippen LogP contribution >= 0.6 is 25.3 Å². The average Bonchev–Trinajstić information content (AvgIpc) is 2.18. The Bertz CT molecular complexity index is 135. The lowest BCUT2D eigenvalue weighted by molar-refractivity contribution is -0.108. The molecule has 0 saturated carbocycles. The van der Waals surface area contributed by atoms with Gasteiger partial charge in [-0.25, -0.2) is 0 Å². The van der Waals surface area contributed by atoms with E-state index in [2.05, 4.69) is 6.58 Å². The van der Waals surface area contributed by atoms with Crippen LogP contribution < -0.4 is 0 Å². The fraction of sp³-hybridized carbons (Fsp3) is 0.444. The van der Waals surface area contributed by atoms with E-state index in [0.717, 1.165) is 24.1 Å². The number of rotatable bonds is 7. The molecule has 90 valence electrons. The van der Waals surface area contributed by atoms with Crippen molar-refractivity contribution in [3.63, 3.8) is 0 Å². The van der Waals surface area contributed by atoms with Gasteiger partial charge in [0.1, 0.15) is 18.9 Å². The molecule has 4 nitrogen and oxygen atoms in total. The molecule has 0 aliphatic rings. The van der Waals surface area contributed by atoms with Gasteiger partial charge in [0.2, 0.25) is 0 Å². The number of hydrogen-bond acceptors (Lipinski definition) is 5. The summed E-state index contributed by atoms with van der Waals surface area (Å²) >= 11 is 1.64. The number of aldehydes is 3. The van der Waals surface area contributed by atoms with Crippen LogP contribution in [0.3, 0.4) is 0 Å². The van der Waals surface area contributed by atoms with Crippen LogP contribution in [0, 0.1) is 0 Å². The highest BCUT2D eigenvalue weighted by Gasteiger charge is 1.85. The molecule has 15 heavy (non-hydrogen) atoms. The van der Waals surface area contributed by atoms with E-state index in [4.69, 9.17) is 4.79 Å². The maximum atomic E-state index is 9.75. The monoisotopic (exact) mass is 253 g/mol. The van der Waals surface area contributed by atoms with Crippen molar-refractivity contribution in [2.45, 2.75) is 12.8 Å². The largest absolute Gasteiger partial charge is 0.870 e. The van der Waals surface area contributed by atoms with Crippen molar-refractivity contribution in [2.75, 3.05) is 11.5 Å². The quantitative estimate of drug-likeness (QED) is 0.387. The van der Waals surface area contributed by atoms with Crippen molar-refractivity contribution in [1.82, 2.24) is 0 Å². The third-order valence-corrected chi connectivity index (χ3v) is 1.91. The number of allylic oxidation sites excluding steroid dienone is 1. The van der Waals surface area contributed by atoms with Gasteiger partial charge in [0.15, 0.2) is 0 Å². The molecule has 0 aliphatic carbocycles. The second-order valence-electron chi connectivity index (χ2n) is 1.89. The molecule has 0 unspecified atom stereocenters. The van der Waals surface area contributed by atoms with Crippen LogP contribution in [-0.2, 0) is 14.4 Å². The number of carbonyl (C=O) groups is 3. The van der Waals surface area contributed by atoms with E-state index in [9.17, 15) is 9.59 Å². The Balaban J connectivity index is -0.0000000883. The zero-order valence-electron chi connectivity index (χ0n) is 8.43. The van der Waals surface area contributed by atoms with E-state index in [0.29, 0.717) is 19.1 Å². The van der Waals surface area contributed by atoms with Crippen LogP contribution in [0.4, 0.5) is 0 Å². The molecule has 0 amide bonds. The summed E-state index contributed by atoms with van der Waals surface area (Å²) in [7, 11) is 0. The number of carbonyl (C=O) groups excluding carboxylic acids is 3. The van der Waals surface area contributed by atoms with Crippen molar-refractivity contribution in [2.24, 2.45) is 0 Å². The third kappa shape index (κ3) is 42.5. The summed E-state index contributed by atoms with van der Waals surface area (Å²) in [4.78, 5) is 28.6. The minimum Gasteiger partial charge on any atom is -0.870 e. The topological polar surface area (TPSA) is 81.2 Å². The van der Waals surface area contributed by atoms with Crippen molar-refractivity contribution in [1.29, 1.82) is 0 Å². The van der Waals surface area contributed by atoms with Crippen LogP contribution in [0.5, 0.6) is 0 Å². The molecule has 0 fully saturated rings. The first-order valence-corrected chi connectivity index (χ1v) is 5.00. The Labute approximate surface area is 101 Å². The van der Waals surface area contributed by atoms with Crippen molar-refractivity contribution in [3.05, 3.63) is 12.7 Å². The second kappa shape index (κ2) is 29.2. The summed E-state index contributed by atoms with van der Waals surface area (Å²) in [5.74, 6) is 1.69. The Morgan fingerprint density at radius 2 is 1.33 bits per heavy atom. The van der Waals surface area contributed by atoms with Gasteiger partial charge in [-0.05, 0) is 17.6 Å². The van der Waals surface area contributed by atoms with Gasteiger partial charge in [0.05, 0.1) is 0 Å². The molecular weight excluding hydrogens is 236 g/mol. The molecule has 0 rings (SSSR count). The maximum Gasteiger partial charge on any atom is 0.142 e. The standard InChI is InChI=1S/C6H10O2S.C3H4O.H2O.H2S/c7-3-1-5-9-6-2-4-8;1-2-3-4;;/h3-4H,1-2,5-6H2;2-3H,1H2;2*1H2/p-1. The molecule has 0 saturated heterocycles. The second-order valence-corrected chi connectivity index (χ2v) is 3.12. The summed E-state index contributed by atoms with van der Waals surface area (Å²) in [6, 6.07) is 0. The Hall–Kier alpha value is -0.590. The summed E-state index contributed by atoms with van der Waals surface area (Å²) in [5, 5.41) is 0. The van der Waals surface area contributed by atoms with Crippen molar-refractivity contribution in [3.8, 4) is 0 Å². The van der Waals surface area contributed by atoms with Crippen LogP contribution in [0.15, 0.2) is 12.7 Å². The highest BCUT2D eigenvalue weighted by Crippen LogP contribution is 2.01. The van der Waals surface area contributed by atoms with E-state index in [1.54, 1.807) is 11.8 Å². The lowest BCUT2D eigenvalue weighted by Crippen LogP contribution is -1.84. The first-order valence-electron chi connectivity index (χ1n) is 3.84. The van der Waals surface area contributed by atoms with Gasteiger partial charge >= 0.3 is 0 Å². The molecule has 0 aromatic rings. The SMILES string of the molecule is C=CC=O.O=CCCSCCC=O.S.[OH-]. The predicted octanol–water partition coefficient (Wildman–Crippen LogP) is 1.20. The van der Waals surface area contributed by atoms with Gasteiger partial charge < -0.3 is 15.1 Å². The van der Waals surface area contributed by atoms with Gasteiger partial charge in [-0.1, -0.05) is 6.58 Å². The Kier molecular flexibility index (Phi) is 46.5.